The molecule has 0 unspecified atom stereocenters. The number of carbonyl (C=O) groups excluding carboxylic acids is 2. The number of amidine groups is 1. The van der Waals surface area contributed by atoms with E-state index in [0.717, 1.165) is 11.8 Å². The molecule has 1 aliphatic rings. The Morgan fingerprint density at radius 1 is 1.32 bits per heavy atom. The van der Waals surface area contributed by atoms with Crippen molar-refractivity contribution in [2.75, 3.05) is 19.0 Å². The Hall–Kier alpha value is -4.42. The summed E-state index contributed by atoms with van der Waals surface area (Å²) < 4.78 is 5.11. The lowest BCUT2D eigenvalue weighted by Crippen LogP contribution is -2.46. The second-order valence-corrected chi connectivity index (χ2v) is 8.84. The summed E-state index contributed by atoms with van der Waals surface area (Å²) in [6.45, 7) is 1.51. The Kier molecular flexibility index (Phi) is 7.93. The van der Waals surface area contributed by atoms with Gasteiger partial charge in [0.25, 0.3) is 5.91 Å². The summed E-state index contributed by atoms with van der Waals surface area (Å²) in [6, 6.07) is 6.96. The van der Waals surface area contributed by atoms with Crippen LogP contribution in [-0.2, 0) is 11.3 Å². The Morgan fingerprint density at radius 3 is 2.82 bits per heavy atom. The number of halogens is 1. The molecule has 1 aliphatic heterocycles. The lowest BCUT2D eigenvalue weighted by Gasteiger charge is -2.26. The third kappa shape index (κ3) is 5.45. The highest BCUT2D eigenvalue weighted by molar-refractivity contribution is 6.33. The highest BCUT2D eigenvalue weighted by atomic mass is 35.5. The summed E-state index contributed by atoms with van der Waals surface area (Å²) in [5.41, 5.74) is 2.67. The minimum Gasteiger partial charge on any atom is -0.481 e. The van der Waals surface area contributed by atoms with Crippen molar-refractivity contribution < 1.29 is 19.4 Å². The van der Waals surface area contributed by atoms with Gasteiger partial charge in [0.05, 0.1) is 42.9 Å². The van der Waals surface area contributed by atoms with Crippen molar-refractivity contribution in [1.29, 1.82) is 10.8 Å². The van der Waals surface area contributed by atoms with Gasteiger partial charge in [-0.15, -0.1) is 0 Å². The van der Waals surface area contributed by atoms with Gasteiger partial charge in [0.2, 0.25) is 17.7 Å². The quantitative estimate of drug-likeness (QED) is 0.204. The number of fused-ring (bicyclic) bond motifs is 1. The minimum atomic E-state index is -0.818. The van der Waals surface area contributed by atoms with Gasteiger partial charge < -0.3 is 30.8 Å². The van der Waals surface area contributed by atoms with Gasteiger partial charge in [0.1, 0.15) is 11.9 Å². The maximum atomic E-state index is 13.3. The van der Waals surface area contributed by atoms with Crippen molar-refractivity contribution >= 4 is 41.4 Å². The summed E-state index contributed by atoms with van der Waals surface area (Å²) in [6.07, 6.45) is 3.70. The summed E-state index contributed by atoms with van der Waals surface area (Å²) in [4.78, 5) is 40.2. The molecule has 0 saturated heterocycles. The van der Waals surface area contributed by atoms with E-state index in [-0.39, 0.29) is 35.9 Å². The minimum absolute atomic E-state index is 0.0851. The molecule has 38 heavy (non-hydrogen) atoms. The number of nitrogens with zero attached hydrogens (tertiary/aromatic N) is 4. The molecule has 4 rings (SSSR count). The lowest BCUT2D eigenvalue weighted by atomic mass is 10.0. The van der Waals surface area contributed by atoms with E-state index in [2.05, 4.69) is 25.6 Å². The van der Waals surface area contributed by atoms with Crippen LogP contribution in [0.2, 0.25) is 5.02 Å². The molecule has 2 amide bonds. The van der Waals surface area contributed by atoms with Gasteiger partial charge in [-0.2, -0.15) is 0 Å². The van der Waals surface area contributed by atoms with Gasteiger partial charge in [-0.3, -0.25) is 15.0 Å². The SMILES string of the molecule is COc1cc([C@@H](CO)NC(=O)[C@@H](C)N2Cc3ccc(-c4nc(NC(=N)C=N)ncc4Cl)cc3C2=O)ccn1. The molecule has 0 radical (unpaired) electrons. The number of aliphatic hydroxyl groups is 1. The fourth-order valence-corrected chi connectivity index (χ4v) is 4.19. The van der Waals surface area contributed by atoms with Gasteiger partial charge in [-0.1, -0.05) is 23.7 Å². The van der Waals surface area contributed by atoms with E-state index in [4.69, 9.17) is 27.2 Å². The van der Waals surface area contributed by atoms with Crippen LogP contribution in [0.25, 0.3) is 11.3 Å². The number of nitrogens with one attached hydrogen (secondary N) is 4. The Balaban J connectivity index is 1.52. The van der Waals surface area contributed by atoms with E-state index < -0.39 is 18.0 Å². The normalized spacial score (nSPS) is 13.9. The van der Waals surface area contributed by atoms with Gasteiger partial charge in [0, 0.05) is 29.9 Å². The molecule has 5 N–H and O–H groups in total. The van der Waals surface area contributed by atoms with Crippen LogP contribution >= 0.6 is 11.6 Å². The monoisotopic (exact) mass is 536 g/mol. The third-order valence-electron chi connectivity index (χ3n) is 6.07. The number of anilines is 1. The Bertz CT molecular complexity index is 1420. The molecule has 2 atom stereocenters. The number of rotatable bonds is 9. The van der Waals surface area contributed by atoms with Gasteiger partial charge in [-0.25, -0.2) is 15.0 Å². The largest absolute Gasteiger partial charge is 0.481 e. The molecule has 0 spiro atoms. The summed E-state index contributed by atoms with van der Waals surface area (Å²) in [7, 11) is 1.47. The van der Waals surface area contributed by atoms with E-state index in [1.807, 2.05) is 0 Å². The van der Waals surface area contributed by atoms with Crippen molar-refractivity contribution in [1.82, 2.24) is 25.2 Å². The first kappa shape index (κ1) is 26.6. The van der Waals surface area contributed by atoms with E-state index >= 15 is 0 Å². The molecule has 0 aliphatic carbocycles. The zero-order chi connectivity index (χ0) is 27.4. The van der Waals surface area contributed by atoms with E-state index in [9.17, 15) is 14.7 Å². The molecule has 0 bridgehead atoms. The number of methoxy groups -OCH3 is 1. The standard InChI is InChI=1S/C25H25ClN8O4/c1-13(23(36)31-19(12-35)14-5-6-29-21(8-14)38-2)34-11-16-4-3-15(7-17(16)24(34)37)22-18(26)10-30-25(33-22)32-20(28)9-27/h3-10,13,19,27,35H,11-12H2,1-2H3,(H,31,36)(H2,28,30,32,33)/t13-,19-/m1/s1. The van der Waals surface area contributed by atoms with Crippen molar-refractivity contribution in [3.05, 3.63) is 64.4 Å². The predicted molar refractivity (Wildman–Crippen MR) is 141 cm³/mol. The smallest absolute Gasteiger partial charge is 0.255 e. The number of aliphatic hydroxyl groups excluding tert-OH is 1. The molecule has 13 heteroatoms. The first-order valence-corrected chi connectivity index (χ1v) is 11.9. The second-order valence-electron chi connectivity index (χ2n) is 8.43. The summed E-state index contributed by atoms with van der Waals surface area (Å²) in [5.74, 6) is -0.517. The highest BCUT2D eigenvalue weighted by Crippen LogP contribution is 2.32. The zero-order valence-electron chi connectivity index (χ0n) is 20.5. The summed E-state index contributed by atoms with van der Waals surface area (Å²) >= 11 is 6.31. The van der Waals surface area contributed by atoms with E-state index in [1.165, 1.54) is 24.4 Å². The Labute approximate surface area is 223 Å². The highest BCUT2D eigenvalue weighted by Gasteiger charge is 2.35. The fourth-order valence-electron chi connectivity index (χ4n) is 3.99. The maximum absolute atomic E-state index is 13.3. The number of aromatic nitrogens is 3. The molecule has 2 aromatic heterocycles. The summed E-state index contributed by atoms with van der Waals surface area (Å²) in [5, 5.41) is 30.2. The van der Waals surface area contributed by atoms with Crippen molar-refractivity contribution in [3.8, 4) is 17.1 Å². The van der Waals surface area contributed by atoms with E-state index in [1.54, 1.807) is 37.3 Å². The van der Waals surface area contributed by atoms with Crippen LogP contribution in [0.3, 0.4) is 0 Å². The Morgan fingerprint density at radius 2 is 2.11 bits per heavy atom. The van der Waals surface area contributed by atoms with Crippen LogP contribution in [0.15, 0.2) is 42.7 Å². The van der Waals surface area contributed by atoms with Gasteiger partial charge >= 0.3 is 0 Å². The molecule has 3 aromatic rings. The zero-order valence-corrected chi connectivity index (χ0v) is 21.3. The first-order chi connectivity index (χ1) is 18.2. The number of ether oxygens (including phenoxy) is 1. The average molecular weight is 537 g/mol. The number of benzene rings is 1. The topological polar surface area (TPSA) is 177 Å². The van der Waals surface area contributed by atoms with E-state index in [0.29, 0.717) is 28.3 Å². The second kappa shape index (κ2) is 11.3. The number of pyridine rings is 1. The lowest BCUT2D eigenvalue weighted by molar-refractivity contribution is -0.126. The molecule has 1 aromatic carbocycles. The van der Waals surface area contributed by atoms with Crippen LogP contribution in [-0.4, -0.2) is 68.6 Å². The third-order valence-corrected chi connectivity index (χ3v) is 6.34. The molecule has 12 nitrogen and oxygen atoms in total. The molecular weight excluding hydrogens is 512 g/mol. The molecular formula is C25H25ClN8O4. The molecule has 0 fully saturated rings. The van der Waals surface area contributed by atoms with Gasteiger partial charge in [-0.05, 0) is 30.2 Å². The van der Waals surface area contributed by atoms with Crippen molar-refractivity contribution in [2.24, 2.45) is 0 Å². The van der Waals surface area contributed by atoms with Crippen LogP contribution in [0.5, 0.6) is 5.88 Å². The average Bonchev–Trinajstić information content (AvgIpc) is 3.27. The van der Waals surface area contributed by atoms with Gasteiger partial charge in [0.15, 0.2) is 0 Å². The number of carbonyl (C=O) groups is 2. The first-order valence-electron chi connectivity index (χ1n) is 11.5. The van der Waals surface area contributed by atoms with Crippen LogP contribution < -0.4 is 15.4 Å². The fraction of sp³-hybridized carbons (Fsp3) is 0.240. The molecule has 0 saturated carbocycles. The van der Waals surface area contributed by atoms with Crippen molar-refractivity contribution in [3.63, 3.8) is 0 Å². The number of hydrogen-bond donors (Lipinski definition) is 5. The predicted octanol–water partition coefficient (Wildman–Crippen LogP) is 2.43. The van der Waals surface area contributed by atoms with Crippen LogP contribution in [0.4, 0.5) is 5.95 Å². The molecule has 196 valence electrons. The van der Waals surface area contributed by atoms with Crippen LogP contribution in [0.1, 0.15) is 34.5 Å². The number of hydrogen-bond acceptors (Lipinski definition) is 9. The van der Waals surface area contributed by atoms with Crippen molar-refractivity contribution in [2.45, 2.75) is 25.6 Å². The maximum Gasteiger partial charge on any atom is 0.255 e. The number of amides is 2. The van der Waals surface area contributed by atoms with Crippen LogP contribution in [0, 0.1) is 10.8 Å². The molecule has 3 heterocycles.